The fraction of sp³-hybridized carbons (Fsp3) is 0.120. The molecule has 2 aromatic carbocycles. The maximum absolute atomic E-state index is 11.9. The Morgan fingerprint density at radius 3 is 2.74 bits per heavy atom. The summed E-state index contributed by atoms with van der Waals surface area (Å²) in [5.74, 6) is 2.42. The zero-order valence-corrected chi connectivity index (χ0v) is 19.1. The molecule has 0 aliphatic carbocycles. The van der Waals surface area contributed by atoms with Gasteiger partial charge in [0.25, 0.3) is 5.91 Å². The monoisotopic (exact) mass is 475 g/mol. The van der Waals surface area contributed by atoms with Crippen molar-refractivity contribution in [2.45, 2.75) is 13.3 Å². The number of anilines is 4. The van der Waals surface area contributed by atoms with Crippen molar-refractivity contribution in [3.05, 3.63) is 77.0 Å². The molecule has 0 aliphatic rings. The number of amides is 1. The number of nitrogens with two attached hydrogens (primary N) is 1. The third-order valence-corrected chi connectivity index (χ3v) is 5.03. The van der Waals surface area contributed by atoms with Crippen LogP contribution in [0.15, 0.2) is 55.3 Å². The molecule has 9 heteroatoms. The van der Waals surface area contributed by atoms with Crippen molar-refractivity contribution in [1.29, 1.82) is 0 Å². The van der Waals surface area contributed by atoms with Crippen LogP contribution in [-0.2, 0) is 11.2 Å². The molecular weight excluding hydrogens is 454 g/mol. The molecule has 0 radical (unpaired) electrons. The molecule has 1 amide bonds. The fourth-order valence-electron chi connectivity index (χ4n) is 3.07. The molecule has 0 unspecified atom stereocenters. The van der Waals surface area contributed by atoms with Crippen LogP contribution in [0.4, 0.5) is 23.1 Å². The highest BCUT2D eigenvalue weighted by atomic mass is 35.5. The molecule has 34 heavy (non-hydrogen) atoms. The summed E-state index contributed by atoms with van der Waals surface area (Å²) in [4.78, 5) is 32.4. The number of carbonyl (C=O) groups is 2. The molecule has 4 N–H and O–H groups in total. The summed E-state index contributed by atoms with van der Waals surface area (Å²) in [5.41, 5.74) is 8.40. The molecular formula is C25H22ClN5O3. The van der Waals surface area contributed by atoms with Crippen molar-refractivity contribution in [3.8, 4) is 18.1 Å². The van der Waals surface area contributed by atoms with Gasteiger partial charge in [-0.1, -0.05) is 42.3 Å². The van der Waals surface area contributed by atoms with Crippen LogP contribution in [0, 0.1) is 19.3 Å². The largest absolute Gasteiger partial charge is 0.480 e. The summed E-state index contributed by atoms with van der Waals surface area (Å²) in [5, 5.41) is 6.50. The third kappa shape index (κ3) is 5.91. The van der Waals surface area contributed by atoms with Gasteiger partial charge in [-0.25, -0.2) is 4.98 Å². The van der Waals surface area contributed by atoms with Gasteiger partial charge in [0.05, 0.1) is 11.8 Å². The number of terminal acetylenes is 1. The van der Waals surface area contributed by atoms with Crippen LogP contribution in [0.3, 0.4) is 0 Å². The van der Waals surface area contributed by atoms with Crippen LogP contribution in [0.25, 0.3) is 0 Å². The highest BCUT2D eigenvalue weighted by Gasteiger charge is 2.15. The first-order chi connectivity index (χ1) is 16.3. The van der Waals surface area contributed by atoms with Crippen molar-refractivity contribution in [3.63, 3.8) is 0 Å². The number of para-hydroxylation sites is 1. The molecule has 172 valence electrons. The highest BCUT2D eigenvalue weighted by molar-refractivity contribution is 6.33. The van der Waals surface area contributed by atoms with Crippen LogP contribution in [0.2, 0.25) is 5.02 Å². The van der Waals surface area contributed by atoms with Crippen molar-refractivity contribution in [2.75, 3.05) is 17.2 Å². The molecule has 8 nitrogen and oxygen atoms in total. The van der Waals surface area contributed by atoms with Crippen LogP contribution in [0.5, 0.6) is 5.75 Å². The molecule has 0 fully saturated rings. The smallest absolute Gasteiger partial charge is 0.252 e. The molecule has 3 rings (SSSR count). The number of rotatable bonds is 10. The SMILES string of the molecule is C#CCOc1cc(C)c(Nc2ncc(Cl)c(Nc3ccccc3CC(=O)C=C)n2)cc1C(N)=O. The van der Waals surface area contributed by atoms with E-state index in [1.807, 2.05) is 31.2 Å². The second-order valence-corrected chi connectivity index (χ2v) is 7.57. The van der Waals surface area contributed by atoms with Crippen molar-refractivity contribution in [1.82, 2.24) is 9.97 Å². The number of carbonyl (C=O) groups excluding carboxylic acids is 2. The number of benzene rings is 2. The van der Waals surface area contributed by atoms with E-state index in [9.17, 15) is 9.59 Å². The van der Waals surface area contributed by atoms with Crippen molar-refractivity contribution >= 4 is 46.4 Å². The third-order valence-electron chi connectivity index (χ3n) is 4.76. The molecule has 0 aliphatic heterocycles. The summed E-state index contributed by atoms with van der Waals surface area (Å²) in [7, 11) is 0. The lowest BCUT2D eigenvalue weighted by Crippen LogP contribution is -2.14. The maximum Gasteiger partial charge on any atom is 0.252 e. The van der Waals surface area contributed by atoms with Gasteiger partial charge in [0.15, 0.2) is 11.6 Å². The van der Waals surface area contributed by atoms with E-state index < -0.39 is 5.91 Å². The topological polar surface area (TPSA) is 119 Å². The number of allylic oxidation sites excluding steroid dienone is 1. The van der Waals surface area contributed by atoms with Gasteiger partial charge in [-0.3, -0.25) is 9.59 Å². The summed E-state index contributed by atoms with van der Waals surface area (Å²) in [6.45, 7) is 5.33. The van der Waals surface area contributed by atoms with Gasteiger partial charge in [0, 0.05) is 17.8 Å². The van der Waals surface area contributed by atoms with Crippen LogP contribution < -0.4 is 21.1 Å². The van der Waals surface area contributed by atoms with E-state index in [0.717, 1.165) is 11.1 Å². The fourth-order valence-corrected chi connectivity index (χ4v) is 3.21. The molecule has 0 atom stereocenters. The van der Waals surface area contributed by atoms with Crippen LogP contribution in [0.1, 0.15) is 21.5 Å². The minimum Gasteiger partial charge on any atom is -0.480 e. The van der Waals surface area contributed by atoms with E-state index in [2.05, 4.69) is 33.1 Å². The molecule has 0 spiro atoms. The summed E-state index contributed by atoms with van der Waals surface area (Å²) < 4.78 is 5.43. The van der Waals surface area contributed by atoms with E-state index in [-0.39, 0.29) is 35.3 Å². The Hall–Kier alpha value is -4.35. The second kappa shape index (κ2) is 11.0. The summed E-state index contributed by atoms with van der Waals surface area (Å²) in [6, 6.07) is 10.5. The highest BCUT2D eigenvalue weighted by Crippen LogP contribution is 2.30. The Labute approximate surface area is 202 Å². The molecule has 3 aromatic rings. The van der Waals surface area contributed by atoms with Crippen molar-refractivity contribution < 1.29 is 14.3 Å². The first-order valence-electron chi connectivity index (χ1n) is 10.1. The standard InChI is InChI=1S/C25H22ClN5O3/c1-4-10-34-22-11-15(3)21(13-18(22)23(27)33)30-25-28-14-19(26)24(31-25)29-20-9-7-6-8-16(20)12-17(32)5-2/h1,5-9,11,13-14H,2,10,12H2,3H3,(H2,27,33)(H2,28,29,30,31). The van der Waals surface area contributed by atoms with Gasteiger partial charge >= 0.3 is 0 Å². The average Bonchev–Trinajstić information content (AvgIpc) is 2.82. The lowest BCUT2D eigenvalue weighted by Gasteiger charge is -2.15. The van der Waals surface area contributed by atoms with Gasteiger partial charge in [-0.15, -0.1) is 6.42 Å². The lowest BCUT2D eigenvalue weighted by atomic mass is 10.1. The Morgan fingerprint density at radius 1 is 1.26 bits per heavy atom. The Morgan fingerprint density at radius 2 is 2.03 bits per heavy atom. The zero-order chi connectivity index (χ0) is 24.7. The summed E-state index contributed by atoms with van der Waals surface area (Å²) in [6.07, 6.45) is 8.14. The quantitative estimate of drug-likeness (QED) is 0.295. The maximum atomic E-state index is 11.9. The van der Waals surface area contributed by atoms with Gasteiger partial charge in [0.1, 0.15) is 17.4 Å². The Bertz CT molecular complexity index is 1300. The number of ether oxygens (including phenoxy) is 1. The molecule has 0 saturated heterocycles. The van der Waals surface area contributed by atoms with Crippen LogP contribution >= 0.6 is 11.6 Å². The van der Waals surface area contributed by atoms with Crippen LogP contribution in [-0.4, -0.2) is 28.3 Å². The normalized spacial score (nSPS) is 10.1. The minimum absolute atomic E-state index is 0.00168. The zero-order valence-electron chi connectivity index (χ0n) is 18.4. The predicted molar refractivity (Wildman–Crippen MR) is 133 cm³/mol. The lowest BCUT2D eigenvalue weighted by molar-refractivity contribution is -0.114. The first kappa shape index (κ1) is 24.3. The molecule has 1 aromatic heterocycles. The van der Waals surface area contributed by atoms with E-state index in [1.165, 1.54) is 12.3 Å². The van der Waals surface area contributed by atoms with E-state index in [4.69, 9.17) is 28.5 Å². The van der Waals surface area contributed by atoms with E-state index in [0.29, 0.717) is 22.9 Å². The minimum atomic E-state index is -0.667. The number of halogens is 1. The van der Waals surface area contributed by atoms with Gasteiger partial charge in [-0.05, 0) is 42.3 Å². The molecule has 1 heterocycles. The number of nitrogens with one attached hydrogen (secondary N) is 2. The summed E-state index contributed by atoms with van der Waals surface area (Å²) >= 11 is 6.31. The Balaban J connectivity index is 1.90. The number of aryl methyl sites for hydroxylation is 1. The predicted octanol–water partition coefficient (Wildman–Crippen LogP) is 4.33. The average molecular weight is 476 g/mol. The Kier molecular flexibility index (Phi) is 7.85. The number of primary amides is 1. The first-order valence-corrected chi connectivity index (χ1v) is 10.5. The number of ketones is 1. The number of nitrogens with zero attached hydrogens (tertiary/aromatic N) is 2. The number of aromatic nitrogens is 2. The van der Waals surface area contributed by atoms with Gasteiger partial charge in [0.2, 0.25) is 5.95 Å². The number of hydrogen-bond acceptors (Lipinski definition) is 7. The number of hydrogen-bond donors (Lipinski definition) is 3. The second-order valence-electron chi connectivity index (χ2n) is 7.16. The molecule has 0 bridgehead atoms. The van der Waals surface area contributed by atoms with Crippen molar-refractivity contribution in [2.24, 2.45) is 5.73 Å². The van der Waals surface area contributed by atoms with E-state index in [1.54, 1.807) is 12.1 Å². The van der Waals surface area contributed by atoms with Gasteiger partial charge < -0.3 is 21.1 Å². The molecule has 0 saturated carbocycles. The van der Waals surface area contributed by atoms with Gasteiger partial charge in [-0.2, -0.15) is 4.98 Å². The van der Waals surface area contributed by atoms with E-state index >= 15 is 0 Å².